The van der Waals surface area contributed by atoms with Crippen LogP contribution in [0.5, 0.6) is 11.5 Å². The van der Waals surface area contributed by atoms with Gasteiger partial charge in [-0.2, -0.15) is 5.26 Å². The van der Waals surface area contributed by atoms with E-state index < -0.39 is 17.9 Å². The molecule has 1 atom stereocenters. The van der Waals surface area contributed by atoms with Gasteiger partial charge < -0.3 is 20.5 Å². The standard InChI is InChI=1S/C21H21N3O4/c1-14(2)19(21(26)27)24-20(25)15(12-22)13-23-16-8-10-18(11-9-16)28-17-6-4-3-5-7-17/h3-11,13-14,19,23H,1-2H3,(H,24,25)(H,26,27)/b15-13-. The number of carboxylic acid groups (broad SMARTS) is 1. The Morgan fingerprint density at radius 2 is 1.68 bits per heavy atom. The van der Waals surface area contributed by atoms with Gasteiger partial charge in [0.25, 0.3) is 5.91 Å². The van der Waals surface area contributed by atoms with E-state index in [4.69, 9.17) is 9.84 Å². The van der Waals surface area contributed by atoms with Crippen LogP contribution in [0.4, 0.5) is 5.69 Å². The van der Waals surface area contributed by atoms with Crippen LogP contribution in [0, 0.1) is 17.2 Å². The van der Waals surface area contributed by atoms with Crippen LogP contribution in [0.2, 0.25) is 0 Å². The molecule has 1 amide bonds. The van der Waals surface area contributed by atoms with Crippen LogP contribution in [0.15, 0.2) is 66.4 Å². The average molecular weight is 379 g/mol. The van der Waals surface area contributed by atoms with Gasteiger partial charge in [-0.25, -0.2) is 4.79 Å². The fraction of sp³-hybridized carbons (Fsp3) is 0.190. The average Bonchev–Trinajstić information content (AvgIpc) is 2.68. The molecule has 7 heteroatoms. The number of carbonyl (C=O) groups excluding carboxylic acids is 1. The minimum absolute atomic E-state index is 0.225. The highest BCUT2D eigenvalue weighted by atomic mass is 16.5. The highest BCUT2D eigenvalue weighted by Gasteiger charge is 2.24. The number of nitrogens with one attached hydrogen (secondary N) is 2. The van der Waals surface area contributed by atoms with E-state index in [1.165, 1.54) is 6.20 Å². The maximum atomic E-state index is 12.1. The molecule has 28 heavy (non-hydrogen) atoms. The SMILES string of the molecule is CC(C)C(NC(=O)/C(C#N)=C\Nc1ccc(Oc2ccccc2)cc1)C(=O)O. The van der Waals surface area contributed by atoms with Crippen molar-refractivity contribution in [1.29, 1.82) is 5.26 Å². The minimum atomic E-state index is -1.15. The molecule has 0 saturated carbocycles. The summed E-state index contributed by atoms with van der Waals surface area (Å²) in [5.74, 6) is -0.862. The maximum absolute atomic E-state index is 12.1. The Hall–Kier alpha value is -3.79. The largest absolute Gasteiger partial charge is 0.480 e. The Balaban J connectivity index is 2.01. The monoisotopic (exact) mass is 379 g/mol. The molecule has 2 aromatic carbocycles. The fourth-order valence-electron chi connectivity index (χ4n) is 2.28. The van der Waals surface area contributed by atoms with Crippen molar-refractivity contribution in [2.24, 2.45) is 5.92 Å². The van der Waals surface area contributed by atoms with Crippen molar-refractivity contribution < 1.29 is 19.4 Å². The number of anilines is 1. The van der Waals surface area contributed by atoms with Gasteiger partial charge in [0.05, 0.1) is 0 Å². The summed E-state index contributed by atoms with van der Waals surface area (Å²) in [6.45, 7) is 3.35. The zero-order valence-corrected chi connectivity index (χ0v) is 15.5. The molecule has 0 bridgehead atoms. The summed E-state index contributed by atoms with van der Waals surface area (Å²) in [4.78, 5) is 23.3. The third kappa shape index (κ3) is 5.88. The zero-order chi connectivity index (χ0) is 20.5. The molecule has 0 heterocycles. The molecule has 0 fully saturated rings. The van der Waals surface area contributed by atoms with Crippen molar-refractivity contribution in [2.75, 3.05) is 5.32 Å². The molecule has 0 aliphatic rings. The van der Waals surface area contributed by atoms with E-state index in [1.807, 2.05) is 30.3 Å². The molecule has 0 saturated heterocycles. The molecule has 1 unspecified atom stereocenters. The number of ether oxygens (including phenoxy) is 1. The van der Waals surface area contributed by atoms with Crippen molar-refractivity contribution in [3.8, 4) is 17.6 Å². The molecule has 0 aliphatic carbocycles. The molecule has 2 rings (SSSR count). The summed E-state index contributed by atoms with van der Waals surface area (Å²) in [5.41, 5.74) is 0.413. The second-order valence-electron chi connectivity index (χ2n) is 6.29. The predicted molar refractivity (Wildman–Crippen MR) is 105 cm³/mol. The van der Waals surface area contributed by atoms with E-state index >= 15 is 0 Å². The molecular weight excluding hydrogens is 358 g/mol. The number of carbonyl (C=O) groups is 2. The number of benzene rings is 2. The van der Waals surface area contributed by atoms with Crippen molar-refractivity contribution in [1.82, 2.24) is 5.32 Å². The molecule has 144 valence electrons. The highest BCUT2D eigenvalue weighted by Crippen LogP contribution is 2.22. The molecular formula is C21H21N3O4. The molecule has 0 radical (unpaired) electrons. The molecule has 3 N–H and O–H groups in total. The third-order valence-electron chi connectivity index (χ3n) is 3.80. The summed E-state index contributed by atoms with van der Waals surface area (Å²) in [6.07, 6.45) is 1.24. The second kappa shape index (κ2) is 9.78. The summed E-state index contributed by atoms with van der Waals surface area (Å²) >= 11 is 0. The van der Waals surface area contributed by atoms with Gasteiger partial charge in [-0.3, -0.25) is 4.79 Å². The van der Waals surface area contributed by atoms with Gasteiger partial charge in [-0.1, -0.05) is 32.0 Å². The smallest absolute Gasteiger partial charge is 0.326 e. The molecule has 0 aromatic heterocycles. The first kappa shape index (κ1) is 20.5. The Morgan fingerprint density at radius 3 is 2.21 bits per heavy atom. The Bertz CT molecular complexity index is 884. The molecule has 7 nitrogen and oxygen atoms in total. The topological polar surface area (TPSA) is 111 Å². The van der Waals surface area contributed by atoms with Crippen molar-refractivity contribution >= 4 is 17.6 Å². The number of rotatable bonds is 8. The lowest BCUT2D eigenvalue weighted by atomic mass is 10.0. The second-order valence-corrected chi connectivity index (χ2v) is 6.29. The van der Waals surface area contributed by atoms with Crippen LogP contribution >= 0.6 is 0 Å². The van der Waals surface area contributed by atoms with E-state index in [9.17, 15) is 14.9 Å². The first-order valence-corrected chi connectivity index (χ1v) is 8.64. The Kier molecular flexibility index (Phi) is 7.17. The number of nitriles is 1. The number of para-hydroxylation sites is 1. The van der Waals surface area contributed by atoms with Crippen LogP contribution < -0.4 is 15.4 Å². The Labute approximate surface area is 163 Å². The predicted octanol–water partition coefficient (Wildman–Crippen LogP) is 3.52. The van der Waals surface area contributed by atoms with Crippen LogP contribution in [-0.4, -0.2) is 23.0 Å². The first-order valence-electron chi connectivity index (χ1n) is 8.64. The van der Waals surface area contributed by atoms with Gasteiger partial charge in [0.2, 0.25) is 0 Å². The molecule has 0 spiro atoms. The lowest BCUT2D eigenvalue weighted by Gasteiger charge is -2.17. The van der Waals surface area contributed by atoms with Crippen LogP contribution in [0.3, 0.4) is 0 Å². The third-order valence-corrected chi connectivity index (χ3v) is 3.80. The number of aliphatic carboxylic acids is 1. The van der Waals surface area contributed by atoms with E-state index in [-0.39, 0.29) is 11.5 Å². The van der Waals surface area contributed by atoms with Gasteiger partial charge in [0.1, 0.15) is 29.2 Å². The first-order chi connectivity index (χ1) is 13.4. The summed E-state index contributed by atoms with van der Waals surface area (Å²) in [5, 5.41) is 23.5. The van der Waals surface area contributed by atoms with Crippen LogP contribution in [0.25, 0.3) is 0 Å². The van der Waals surface area contributed by atoms with Gasteiger partial charge in [-0.05, 0) is 42.3 Å². The fourth-order valence-corrected chi connectivity index (χ4v) is 2.28. The maximum Gasteiger partial charge on any atom is 0.326 e. The van der Waals surface area contributed by atoms with Crippen LogP contribution in [-0.2, 0) is 9.59 Å². The lowest BCUT2D eigenvalue weighted by Crippen LogP contribution is -2.44. The van der Waals surface area contributed by atoms with Gasteiger partial charge in [-0.15, -0.1) is 0 Å². The minimum Gasteiger partial charge on any atom is -0.480 e. The number of carboxylic acids is 1. The van der Waals surface area contributed by atoms with Gasteiger partial charge in [0, 0.05) is 11.9 Å². The number of hydrogen-bond acceptors (Lipinski definition) is 5. The molecule has 0 aliphatic heterocycles. The quantitative estimate of drug-likeness (QED) is 0.478. The number of hydrogen-bond donors (Lipinski definition) is 3. The van der Waals surface area contributed by atoms with E-state index in [2.05, 4.69) is 10.6 Å². The summed E-state index contributed by atoms with van der Waals surface area (Å²) in [6, 6.07) is 17.0. The lowest BCUT2D eigenvalue weighted by molar-refractivity contribution is -0.142. The summed E-state index contributed by atoms with van der Waals surface area (Å²) in [7, 11) is 0. The summed E-state index contributed by atoms with van der Waals surface area (Å²) < 4.78 is 5.69. The normalized spacial score (nSPS) is 12.0. The zero-order valence-electron chi connectivity index (χ0n) is 15.5. The van der Waals surface area contributed by atoms with Gasteiger partial charge in [0.15, 0.2) is 0 Å². The van der Waals surface area contributed by atoms with Crippen LogP contribution in [0.1, 0.15) is 13.8 Å². The van der Waals surface area contributed by atoms with Crippen molar-refractivity contribution in [2.45, 2.75) is 19.9 Å². The van der Waals surface area contributed by atoms with Gasteiger partial charge >= 0.3 is 5.97 Å². The van der Waals surface area contributed by atoms with E-state index in [0.29, 0.717) is 17.2 Å². The highest BCUT2D eigenvalue weighted by molar-refractivity contribution is 5.99. The van der Waals surface area contributed by atoms with E-state index in [0.717, 1.165) is 0 Å². The van der Waals surface area contributed by atoms with Crippen molar-refractivity contribution in [3.63, 3.8) is 0 Å². The van der Waals surface area contributed by atoms with E-state index in [1.54, 1.807) is 44.2 Å². The number of nitrogens with zero attached hydrogens (tertiary/aromatic N) is 1. The Morgan fingerprint density at radius 1 is 1.07 bits per heavy atom. The molecule has 2 aromatic rings. The van der Waals surface area contributed by atoms with Crippen molar-refractivity contribution in [3.05, 3.63) is 66.4 Å². The number of amides is 1.